The molecular formula is C14H16FNO4. The SMILES string of the molecule is COc1ccc(C(=O)N[C@H]2CC[C@@H](C(=O)O)C2)cc1F. The zero-order chi connectivity index (χ0) is 14.7. The van der Waals surface area contributed by atoms with Gasteiger partial charge in [-0.3, -0.25) is 9.59 Å². The maximum atomic E-state index is 13.5. The number of hydrogen-bond donors (Lipinski definition) is 2. The third-order valence-corrected chi connectivity index (χ3v) is 3.53. The number of methoxy groups -OCH3 is 1. The molecule has 0 spiro atoms. The average Bonchev–Trinajstić information content (AvgIpc) is 2.87. The maximum absolute atomic E-state index is 13.5. The fraction of sp³-hybridized carbons (Fsp3) is 0.429. The van der Waals surface area contributed by atoms with E-state index in [9.17, 15) is 14.0 Å². The van der Waals surface area contributed by atoms with Gasteiger partial charge in [-0.15, -0.1) is 0 Å². The second-order valence-corrected chi connectivity index (χ2v) is 4.87. The van der Waals surface area contributed by atoms with E-state index in [1.807, 2.05) is 0 Å². The minimum atomic E-state index is -0.836. The Kier molecular flexibility index (Phi) is 4.22. The van der Waals surface area contributed by atoms with Crippen molar-refractivity contribution in [3.63, 3.8) is 0 Å². The van der Waals surface area contributed by atoms with Gasteiger partial charge in [0.15, 0.2) is 11.6 Å². The van der Waals surface area contributed by atoms with Gasteiger partial charge < -0.3 is 15.2 Å². The fourth-order valence-electron chi connectivity index (χ4n) is 2.41. The molecule has 0 saturated heterocycles. The van der Waals surface area contributed by atoms with Crippen LogP contribution in [0.2, 0.25) is 0 Å². The number of aliphatic carboxylic acids is 1. The second-order valence-electron chi connectivity index (χ2n) is 4.87. The van der Waals surface area contributed by atoms with Gasteiger partial charge in [0, 0.05) is 11.6 Å². The summed E-state index contributed by atoms with van der Waals surface area (Å²) in [6.07, 6.45) is 1.60. The molecule has 0 heterocycles. The van der Waals surface area contributed by atoms with E-state index in [1.54, 1.807) is 0 Å². The number of carbonyl (C=O) groups is 2. The number of ether oxygens (including phenoxy) is 1. The van der Waals surface area contributed by atoms with Crippen molar-refractivity contribution in [3.8, 4) is 5.75 Å². The van der Waals surface area contributed by atoms with Crippen molar-refractivity contribution < 1.29 is 23.8 Å². The third-order valence-electron chi connectivity index (χ3n) is 3.53. The summed E-state index contributed by atoms with van der Waals surface area (Å²) in [6, 6.07) is 3.80. The summed E-state index contributed by atoms with van der Waals surface area (Å²) in [4.78, 5) is 22.8. The topological polar surface area (TPSA) is 75.6 Å². The first-order chi connectivity index (χ1) is 9.51. The highest BCUT2D eigenvalue weighted by molar-refractivity contribution is 5.94. The highest BCUT2D eigenvalue weighted by atomic mass is 19.1. The van der Waals surface area contributed by atoms with Crippen LogP contribution in [0.5, 0.6) is 5.75 Å². The molecule has 0 radical (unpaired) electrons. The first-order valence-corrected chi connectivity index (χ1v) is 6.38. The van der Waals surface area contributed by atoms with Crippen LogP contribution < -0.4 is 10.1 Å². The van der Waals surface area contributed by atoms with E-state index >= 15 is 0 Å². The van der Waals surface area contributed by atoms with E-state index in [0.29, 0.717) is 19.3 Å². The summed E-state index contributed by atoms with van der Waals surface area (Å²) in [6.45, 7) is 0. The number of nitrogens with one attached hydrogen (secondary N) is 1. The summed E-state index contributed by atoms with van der Waals surface area (Å²) in [7, 11) is 1.35. The molecule has 108 valence electrons. The Morgan fingerprint density at radius 3 is 2.70 bits per heavy atom. The number of hydrogen-bond acceptors (Lipinski definition) is 3. The standard InChI is InChI=1S/C14H16FNO4/c1-20-12-5-3-8(7-11(12)15)13(17)16-10-4-2-9(6-10)14(18)19/h3,5,7,9-10H,2,4,6H2,1H3,(H,16,17)(H,18,19)/t9-,10+/m1/s1. The molecule has 1 aliphatic carbocycles. The lowest BCUT2D eigenvalue weighted by molar-refractivity contribution is -0.141. The van der Waals surface area contributed by atoms with Gasteiger partial charge in [-0.2, -0.15) is 0 Å². The molecule has 2 N–H and O–H groups in total. The van der Waals surface area contributed by atoms with Crippen molar-refractivity contribution >= 4 is 11.9 Å². The molecule has 2 atom stereocenters. The summed E-state index contributed by atoms with van der Waals surface area (Å²) >= 11 is 0. The number of halogens is 1. The quantitative estimate of drug-likeness (QED) is 0.882. The van der Waals surface area contributed by atoms with Gasteiger partial charge in [-0.25, -0.2) is 4.39 Å². The van der Waals surface area contributed by atoms with Crippen LogP contribution in [0.15, 0.2) is 18.2 Å². The van der Waals surface area contributed by atoms with Gasteiger partial charge in [0.05, 0.1) is 13.0 Å². The zero-order valence-electron chi connectivity index (χ0n) is 11.1. The predicted octanol–water partition coefficient (Wildman–Crippen LogP) is 1.82. The lowest BCUT2D eigenvalue weighted by atomic mass is 10.1. The van der Waals surface area contributed by atoms with Crippen LogP contribution in [-0.2, 0) is 4.79 Å². The van der Waals surface area contributed by atoms with Gasteiger partial charge in [-0.1, -0.05) is 0 Å². The second kappa shape index (κ2) is 5.90. The van der Waals surface area contributed by atoms with E-state index in [1.165, 1.54) is 19.2 Å². The normalized spacial score (nSPS) is 21.5. The number of carbonyl (C=O) groups excluding carboxylic acids is 1. The van der Waals surface area contributed by atoms with Gasteiger partial charge >= 0.3 is 5.97 Å². The highest BCUT2D eigenvalue weighted by Crippen LogP contribution is 2.26. The van der Waals surface area contributed by atoms with Crippen LogP contribution in [0.1, 0.15) is 29.6 Å². The van der Waals surface area contributed by atoms with E-state index in [2.05, 4.69) is 5.32 Å². The molecule has 0 bridgehead atoms. The monoisotopic (exact) mass is 281 g/mol. The van der Waals surface area contributed by atoms with Crippen LogP contribution >= 0.6 is 0 Å². The first-order valence-electron chi connectivity index (χ1n) is 6.38. The number of benzene rings is 1. The number of amides is 1. The fourth-order valence-corrected chi connectivity index (χ4v) is 2.41. The van der Waals surface area contributed by atoms with Gasteiger partial charge in [0.25, 0.3) is 5.91 Å². The van der Waals surface area contributed by atoms with Crippen LogP contribution in [0.4, 0.5) is 4.39 Å². The van der Waals surface area contributed by atoms with Crippen LogP contribution in [0, 0.1) is 11.7 Å². The Hall–Kier alpha value is -2.11. The van der Waals surface area contributed by atoms with Crippen molar-refractivity contribution in [1.82, 2.24) is 5.32 Å². The first kappa shape index (κ1) is 14.3. The molecule has 1 amide bonds. The van der Waals surface area contributed by atoms with Crippen molar-refractivity contribution in [3.05, 3.63) is 29.6 Å². The molecule has 0 aliphatic heterocycles. The van der Waals surface area contributed by atoms with Crippen molar-refractivity contribution in [1.29, 1.82) is 0 Å². The summed E-state index contributed by atoms with van der Waals surface area (Å²) < 4.78 is 18.3. The van der Waals surface area contributed by atoms with Crippen LogP contribution in [-0.4, -0.2) is 30.1 Å². The van der Waals surface area contributed by atoms with Crippen molar-refractivity contribution in [2.75, 3.05) is 7.11 Å². The van der Waals surface area contributed by atoms with E-state index in [4.69, 9.17) is 9.84 Å². The van der Waals surface area contributed by atoms with Crippen molar-refractivity contribution in [2.45, 2.75) is 25.3 Å². The Bertz CT molecular complexity index is 532. The van der Waals surface area contributed by atoms with Gasteiger partial charge in [0.2, 0.25) is 0 Å². The summed E-state index contributed by atoms with van der Waals surface area (Å²) in [5.41, 5.74) is 0.196. The van der Waals surface area contributed by atoms with E-state index in [-0.39, 0.29) is 17.4 Å². The minimum Gasteiger partial charge on any atom is -0.494 e. The molecule has 5 nitrogen and oxygen atoms in total. The Morgan fingerprint density at radius 1 is 1.40 bits per heavy atom. The zero-order valence-corrected chi connectivity index (χ0v) is 11.1. The molecule has 1 fully saturated rings. The number of rotatable bonds is 4. The molecule has 6 heteroatoms. The summed E-state index contributed by atoms with van der Waals surface area (Å²) in [5.74, 6) is -2.17. The summed E-state index contributed by atoms with van der Waals surface area (Å²) in [5, 5.41) is 11.6. The lowest BCUT2D eigenvalue weighted by Crippen LogP contribution is -2.33. The molecule has 1 aromatic rings. The van der Waals surface area contributed by atoms with Crippen LogP contribution in [0.3, 0.4) is 0 Å². The number of carboxylic acid groups (broad SMARTS) is 1. The van der Waals surface area contributed by atoms with Crippen molar-refractivity contribution in [2.24, 2.45) is 5.92 Å². The highest BCUT2D eigenvalue weighted by Gasteiger charge is 2.30. The van der Waals surface area contributed by atoms with E-state index < -0.39 is 23.6 Å². The predicted molar refractivity (Wildman–Crippen MR) is 69.2 cm³/mol. The molecule has 20 heavy (non-hydrogen) atoms. The molecule has 1 saturated carbocycles. The van der Waals surface area contributed by atoms with Crippen LogP contribution in [0.25, 0.3) is 0 Å². The average molecular weight is 281 g/mol. The smallest absolute Gasteiger partial charge is 0.306 e. The molecule has 0 aromatic heterocycles. The van der Waals surface area contributed by atoms with Gasteiger partial charge in [0.1, 0.15) is 0 Å². The Balaban J connectivity index is 1.99. The van der Waals surface area contributed by atoms with Gasteiger partial charge in [-0.05, 0) is 37.5 Å². The molecule has 0 unspecified atom stereocenters. The maximum Gasteiger partial charge on any atom is 0.306 e. The minimum absolute atomic E-state index is 0.0772. The van der Waals surface area contributed by atoms with E-state index in [0.717, 1.165) is 6.07 Å². The molecule has 2 rings (SSSR count). The largest absolute Gasteiger partial charge is 0.494 e. The Labute approximate surface area is 115 Å². The molecule has 1 aliphatic rings. The Morgan fingerprint density at radius 2 is 2.15 bits per heavy atom. The molecule has 1 aromatic carbocycles. The number of carboxylic acids is 1. The third kappa shape index (κ3) is 3.07. The lowest BCUT2D eigenvalue weighted by Gasteiger charge is -2.13. The molecular weight excluding hydrogens is 265 g/mol.